The van der Waals surface area contributed by atoms with E-state index in [2.05, 4.69) is 5.32 Å². The maximum absolute atomic E-state index is 12.1. The Kier molecular flexibility index (Phi) is 4.16. The topological polar surface area (TPSA) is 66.4 Å². The maximum Gasteiger partial charge on any atom is 0.329 e. The molecule has 2 fully saturated rings. The van der Waals surface area contributed by atoms with Crippen LogP contribution in [0.5, 0.6) is 0 Å². The van der Waals surface area contributed by atoms with Gasteiger partial charge in [0, 0.05) is 6.42 Å². The Morgan fingerprint density at radius 1 is 1.32 bits per heavy atom. The Bertz CT molecular complexity index is 368. The largest absolute Gasteiger partial charge is 0.480 e. The lowest BCUT2D eigenvalue weighted by Crippen LogP contribution is -2.52. The van der Waals surface area contributed by atoms with E-state index < -0.39 is 11.5 Å². The third-order valence-electron chi connectivity index (χ3n) is 4.97. The fourth-order valence-corrected chi connectivity index (χ4v) is 3.95. The number of carbonyl (C=O) groups excluding carboxylic acids is 1. The van der Waals surface area contributed by atoms with E-state index in [0.717, 1.165) is 18.8 Å². The maximum atomic E-state index is 12.1. The molecule has 4 atom stereocenters. The molecule has 0 aromatic carbocycles. The van der Waals surface area contributed by atoms with Crippen LogP contribution in [0, 0.1) is 17.8 Å². The van der Waals surface area contributed by atoms with E-state index in [1.165, 1.54) is 19.3 Å². The average molecular weight is 267 g/mol. The molecule has 0 saturated heterocycles. The van der Waals surface area contributed by atoms with Gasteiger partial charge in [0.25, 0.3) is 0 Å². The highest BCUT2D eigenvalue weighted by Gasteiger charge is 2.41. The van der Waals surface area contributed by atoms with Crippen LogP contribution in [0.25, 0.3) is 0 Å². The van der Waals surface area contributed by atoms with Crippen LogP contribution in [0.3, 0.4) is 0 Å². The standard InChI is InChI=1S/C15H25NO3/c1-3-6-15(2,14(18)19)16-13(17)9-12-8-10-4-5-11(12)7-10/h10-12H,3-9H2,1-2H3,(H,16,17)(H,18,19). The summed E-state index contributed by atoms with van der Waals surface area (Å²) in [5.74, 6) is 0.993. The van der Waals surface area contributed by atoms with E-state index in [4.69, 9.17) is 0 Å². The van der Waals surface area contributed by atoms with E-state index in [1.54, 1.807) is 6.92 Å². The zero-order chi connectivity index (χ0) is 14.0. The van der Waals surface area contributed by atoms with Crippen LogP contribution in [0.15, 0.2) is 0 Å². The van der Waals surface area contributed by atoms with Gasteiger partial charge in [-0.3, -0.25) is 4.79 Å². The first-order valence-electron chi connectivity index (χ1n) is 7.49. The summed E-state index contributed by atoms with van der Waals surface area (Å²) < 4.78 is 0. The molecule has 0 aliphatic heterocycles. The average Bonchev–Trinajstić information content (AvgIpc) is 2.90. The van der Waals surface area contributed by atoms with Crippen molar-refractivity contribution in [2.45, 2.75) is 64.3 Å². The predicted octanol–water partition coefficient (Wildman–Crippen LogP) is 2.57. The van der Waals surface area contributed by atoms with Gasteiger partial charge < -0.3 is 10.4 Å². The molecule has 19 heavy (non-hydrogen) atoms. The monoisotopic (exact) mass is 267 g/mol. The van der Waals surface area contributed by atoms with Crippen LogP contribution in [0.1, 0.15) is 58.8 Å². The Hall–Kier alpha value is -1.06. The molecule has 1 amide bonds. The molecule has 2 bridgehead atoms. The van der Waals surface area contributed by atoms with Gasteiger partial charge in [0.2, 0.25) is 5.91 Å². The van der Waals surface area contributed by atoms with Gasteiger partial charge in [-0.1, -0.05) is 19.8 Å². The van der Waals surface area contributed by atoms with Crippen molar-refractivity contribution >= 4 is 11.9 Å². The van der Waals surface area contributed by atoms with E-state index in [0.29, 0.717) is 24.7 Å². The summed E-state index contributed by atoms with van der Waals surface area (Å²) >= 11 is 0. The predicted molar refractivity (Wildman–Crippen MR) is 72.6 cm³/mol. The normalized spacial score (nSPS) is 32.0. The van der Waals surface area contributed by atoms with Crippen LogP contribution >= 0.6 is 0 Å². The molecule has 108 valence electrons. The molecule has 2 N–H and O–H groups in total. The number of hydrogen-bond donors (Lipinski definition) is 2. The molecule has 2 aliphatic carbocycles. The minimum absolute atomic E-state index is 0.0871. The van der Waals surface area contributed by atoms with Crippen LogP contribution in [-0.2, 0) is 9.59 Å². The fourth-order valence-electron chi connectivity index (χ4n) is 3.95. The van der Waals surface area contributed by atoms with Crippen molar-refractivity contribution in [1.29, 1.82) is 0 Å². The highest BCUT2D eigenvalue weighted by molar-refractivity contribution is 5.86. The summed E-state index contributed by atoms with van der Waals surface area (Å²) in [4.78, 5) is 23.4. The van der Waals surface area contributed by atoms with Crippen LogP contribution in [0.2, 0.25) is 0 Å². The smallest absolute Gasteiger partial charge is 0.329 e. The van der Waals surface area contributed by atoms with Gasteiger partial charge in [0.1, 0.15) is 5.54 Å². The second kappa shape index (κ2) is 5.51. The lowest BCUT2D eigenvalue weighted by molar-refractivity contribution is -0.147. The van der Waals surface area contributed by atoms with Crippen molar-refractivity contribution < 1.29 is 14.7 Å². The number of fused-ring (bicyclic) bond motifs is 2. The van der Waals surface area contributed by atoms with Gasteiger partial charge >= 0.3 is 5.97 Å². The molecule has 4 nitrogen and oxygen atoms in total. The second-order valence-electron chi connectivity index (χ2n) is 6.57. The van der Waals surface area contributed by atoms with Crippen molar-refractivity contribution in [3.05, 3.63) is 0 Å². The third-order valence-corrected chi connectivity index (χ3v) is 4.97. The quantitative estimate of drug-likeness (QED) is 0.777. The molecule has 4 unspecified atom stereocenters. The zero-order valence-corrected chi connectivity index (χ0v) is 11.9. The summed E-state index contributed by atoms with van der Waals surface area (Å²) in [5, 5.41) is 12.0. The molecular weight excluding hydrogens is 242 g/mol. The summed E-state index contributed by atoms with van der Waals surface area (Å²) in [6.45, 7) is 3.54. The molecule has 4 heteroatoms. The number of hydrogen-bond acceptors (Lipinski definition) is 2. The molecular formula is C15H25NO3. The molecule has 0 radical (unpaired) electrons. The van der Waals surface area contributed by atoms with E-state index in [9.17, 15) is 14.7 Å². The first-order chi connectivity index (χ1) is 8.94. The second-order valence-corrected chi connectivity index (χ2v) is 6.57. The number of carbonyl (C=O) groups is 2. The zero-order valence-electron chi connectivity index (χ0n) is 11.9. The first kappa shape index (κ1) is 14.4. The first-order valence-corrected chi connectivity index (χ1v) is 7.49. The number of rotatable bonds is 6. The Morgan fingerprint density at radius 2 is 2.05 bits per heavy atom. The van der Waals surface area contributed by atoms with Gasteiger partial charge in [-0.15, -0.1) is 0 Å². The van der Waals surface area contributed by atoms with E-state index >= 15 is 0 Å². The third kappa shape index (κ3) is 3.10. The lowest BCUT2D eigenvalue weighted by Gasteiger charge is -2.28. The van der Waals surface area contributed by atoms with Gasteiger partial charge in [-0.25, -0.2) is 4.79 Å². The molecule has 2 saturated carbocycles. The van der Waals surface area contributed by atoms with Crippen LogP contribution in [-0.4, -0.2) is 22.5 Å². The summed E-state index contributed by atoms with van der Waals surface area (Å²) in [6.07, 6.45) is 6.76. The van der Waals surface area contributed by atoms with Crippen LogP contribution in [0.4, 0.5) is 0 Å². The lowest BCUT2D eigenvalue weighted by atomic mass is 9.86. The SMILES string of the molecule is CCCC(C)(NC(=O)CC1CC2CCC1C2)C(=O)O. The molecule has 2 aliphatic rings. The fraction of sp³-hybridized carbons (Fsp3) is 0.867. The summed E-state index contributed by atoms with van der Waals surface area (Å²) in [7, 11) is 0. The molecule has 0 aromatic heterocycles. The summed E-state index contributed by atoms with van der Waals surface area (Å²) in [5.41, 5.74) is -1.11. The van der Waals surface area contributed by atoms with Gasteiger partial charge in [0.15, 0.2) is 0 Å². The van der Waals surface area contributed by atoms with E-state index in [-0.39, 0.29) is 5.91 Å². The van der Waals surface area contributed by atoms with Crippen molar-refractivity contribution in [2.75, 3.05) is 0 Å². The number of carboxylic acid groups (broad SMARTS) is 1. The minimum Gasteiger partial charge on any atom is -0.480 e. The molecule has 0 heterocycles. The Balaban J connectivity index is 1.88. The Morgan fingerprint density at radius 3 is 2.53 bits per heavy atom. The Labute approximate surface area is 115 Å². The molecule has 0 aromatic rings. The molecule has 2 rings (SSSR count). The number of carboxylic acids is 1. The van der Waals surface area contributed by atoms with Crippen molar-refractivity contribution in [3.8, 4) is 0 Å². The highest BCUT2D eigenvalue weighted by atomic mass is 16.4. The van der Waals surface area contributed by atoms with Gasteiger partial charge in [-0.2, -0.15) is 0 Å². The van der Waals surface area contributed by atoms with E-state index in [1.807, 2.05) is 6.92 Å². The highest BCUT2D eigenvalue weighted by Crippen LogP contribution is 2.49. The van der Waals surface area contributed by atoms with Gasteiger partial charge in [-0.05, 0) is 50.4 Å². The van der Waals surface area contributed by atoms with Crippen molar-refractivity contribution in [2.24, 2.45) is 17.8 Å². The van der Waals surface area contributed by atoms with Gasteiger partial charge in [0.05, 0.1) is 0 Å². The number of aliphatic carboxylic acids is 1. The van der Waals surface area contributed by atoms with Crippen molar-refractivity contribution in [3.63, 3.8) is 0 Å². The molecule has 0 spiro atoms. The summed E-state index contributed by atoms with van der Waals surface area (Å²) in [6, 6.07) is 0. The minimum atomic E-state index is -1.11. The van der Waals surface area contributed by atoms with Crippen molar-refractivity contribution in [1.82, 2.24) is 5.32 Å². The van der Waals surface area contributed by atoms with Crippen LogP contribution < -0.4 is 5.32 Å². The number of amides is 1. The number of nitrogens with one attached hydrogen (secondary N) is 1.